The number of urea groups is 1. The fraction of sp³-hybridized carbons (Fsp3) is 0.882. The minimum atomic E-state index is -1.77. The maximum absolute atomic E-state index is 11.3. The van der Waals surface area contributed by atoms with Gasteiger partial charge in [0, 0.05) is 20.3 Å². The lowest BCUT2D eigenvalue weighted by Gasteiger charge is -2.31. The fourth-order valence-electron chi connectivity index (χ4n) is 2.38. The van der Waals surface area contributed by atoms with Crippen molar-refractivity contribution in [2.75, 3.05) is 26.8 Å². The normalized spacial score (nSPS) is 14.6. The van der Waals surface area contributed by atoms with Gasteiger partial charge in [0.25, 0.3) is 0 Å². The zero-order valence-electron chi connectivity index (χ0n) is 15.6. The first kappa shape index (κ1) is 23.6. The summed E-state index contributed by atoms with van der Waals surface area (Å²) in [6.07, 6.45) is 6.36. The molecule has 0 spiro atoms. The summed E-state index contributed by atoms with van der Waals surface area (Å²) < 4.78 is 5.53. The van der Waals surface area contributed by atoms with Crippen LogP contribution in [0, 0.1) is 0 Å². The van der Waals surface area contributed by atoms with E-state index in [1.165, 1.54) is 32.7 Å². The average Bonchev–Trinajstić information content (AvgIpc) is 2.60. The highest BCUT2D eigenvalue weighted by Crippen LogP contribution is 2.12. The van der Waals surface area contributed by atoms with Gasteiger partial charge in [-0.05, 0) is 25.7 Å². The molecule has 8 nitrogen and oxygen atoms in total. The summed E-state index contributed by atoms with van der Waals surface area (Å²) in [7, 11) is 1.42. The van der Waals surface area contributed by atoms with Crippen molar-refractivity contribution in [2.45, 2.75) is 69.9 Å². The summed E-state index contributed by atoms with van der Waals surface area (Å²) in [5.41, 5.74) is 1.78. The van der Waals surface area contributed by atoms with E-state index < -0.39 is 23.6 Å². The first-order valence-electron chi connectivity index (χ1n) is 9.16. The predicted molar refractivity (Wildman–Crippen MR) is 92.5 cm³/mol. The minimum Gasteiger partial charge on any atom is -0.544 e. The Morgan fingerprint density at radius 1 is 1.16 bits per heavy atom. The molecule has 0 aliphatic rings. The lowest BCUT2D eigenvalue weighted by molar-refractivity contribution is -0.499. The highest BCUT2D eigenvalue weighted by Gasteiger charge is 2.39. The van der Waals surface area contributed by atoms with Crippen LogP contribution in [0.5, 0.6) is 0 Å². The lowest BCUT2D eigenvalue weighted by atomic mass is 9.90. The number of carboxylic acid groups (broad SMARTS) is 1. The number of amides is 2. The van der Waals surface area contributed by atoms with E-state index in [-0.39, 0.29) is 13.0 Å². The molecule has 2 unspecified atom stereocenters. The molecule has 0 aromatic rings. The second-order valence-electron chi connectivity index (χ2n) is 6.41. The third kappa shape index (κ3) is 10.3. The molecule has 0 saturated carbocycles. The Bertz CT molecular complexity index is 381. The van der Waals surface area contributed by atoms with Gasteiger partial charge >= 0.3 is 6.03 Å². The van der Waals surface area contributed by atoms with Crippen LogP contribution in [-0.2, 0) is 9.53 Å². The van der Waals surface area contributed by atoms with Gasteiger partial charge in [-0.15, -0.1) is 0 Å². The second-order valence-corrected chi connectivity index (χ2v) is 6.41. The fourth-order valence-corrected chi connectivity index (χ4v) is 2.38. The quantitative estimate of drug-likeness (QED) is 0.282. The number of hydrogen-bond acceptors (Lipinski definition) is 5. The third-order valence-corrected chi connectivity index (χ3v) is 4.24. The molecule has 0 aliphatic carbocycles. The zero-order valence-corrected chi connectivity index (χ0v) is 15.6. The number of carboxylic acids is 1. The van der Waals surface area contributed by atoms with E-state index in [1.54, 1.807) is 0 Å². The number of quaternary nitrogens is 1. The molecule has 0 aliphatic heterocycles. The molecule has 0 heterocycles. The van der Waals surface area contributed by atoms with Gasteiger partial charge < -0.3 is 36.1 Å². The van der Waals surface area contributed by atoms with Crippen molar-refractivity contribution >= 4 is 12.0 Å². The highest BCUT2D eigenvalue weighted by molar-refractivity contribution is 5.78. The SMILES string of the molecule is CCCCCCCOCCCCC(O)C([NH3+])(CNC(=O)NC)C(=O)[O-]. The Balaban J connectivity index is 3.94. The van der Waals surface area contributed by atoms with Crippen LogP contribution < -0.4 is 21.5 Å². The molecule has 0 bridgehead atoms. The number of hydrogen-bond donors (Lipinski definition) is 4. The second kappa shape index (κ2) is 13.9. The molecule has 2 amide bonds. The maximum Gasteiger partial charge on any atom is 0.314 e. The number of ether oxygens (including phenoxy) is 1. The molecule has 6 N–H and O–H groups in total. The van der Waals surface area contributed by atoms with E-state index in [0.29, 0.717) is 13.0 Å². The molecule has 2 atom stereocenters. The molecule has 0 fully saturated rings. The van der Waals surface area contributed by atoms with Crippen molar-refractivity contribution in [3.05, 3.63) is 0 Å². The van der Waals surface area contributed by atoms with Crippen molar-refractivity contribution in [2.24, 2.45) is 0 Å². The predicted octanol–water partition coefficient (Wildman–Crippen LogP) is -0.836. The Morgan fingerprint density at radius 2 is 1.76 bits per heavy atom. The van der Waals surface area contributed by atoms with E-state index in [1.807, 2.05) is 0 Å². The van der Waals surface area contributed by atoms with Gasteiger partial charge in [-0.3, -0.25) is 0 Å². The van der Waals surface area contributed by atoms with Gasteiger partial charge in [0.1, 0.15) is 12.1 Å². The van der Waals surface area contributed by atoms with E-state index in [0.717, 1.165) is 19.4 Å². The lowest BCUT2D eigenvalue weighted by Crippen LogP contribution is -2.87. The minimum absolute atomic E-state index is 0.257. The smallest absolute Gasteiger partial charge is 0.314 e. The number of unbranched alkanes of at least 4 members (excludes halogenated alkanes) is 5. The standard InChI is InChI=1S/C17H35N3O5/c1-3-4-5-6-8-11-25-12-9-7-10-14(21)17(18,15(22)23)13-20-16(24)19-2/h14,21H,3-13,18H2,1-2H3,(H,22,23)(H2,19,20,24). The van der Waals surface area contributed by atoms with Gasteiger partial charge in [0.05, 0.1) is 6.54 Å². The summed E-state index contributed by atoms with van der Waals surface area (Å²) in [4.78, 5) is 22.5. The average molecular weight is 361 g/mol. The molecule has 0 radical (unpaired) electrons. The van der Waals surface area contributed by atoms with E-state index in [9.17, 15) is 19.8 Å². The molecule has 148 valence electrons. The van der Waals surface area contributed by atoms with Crippen molar-refractivity contribution in [3.8, 4) is 0 Å². The van der Waals surface area contributed by atoms with E-state index in [2.05, 4.69) is 23.3 Å². The molecular formula is C17H35N3O5. The van der Waals surface area contributed by atoms with Gasteiger partial charge in [-0.1, -0.05) is 32.6 Å². The number of aliphatic hydroxyl groups is 1. The van der Waals surface area contributed by atoms with Crippen LogP contribution in [-0.4, -0.2) is 55.6 Å². The van der Waals surface area contributed by atoms with Gasteiger partial charge in [-0.25, -0.2) is 4.79 Å². The van der Waals surface area contributed by atoms with Crippen LogP contribution >= 0.6 is 0 Å². The number of carbonyl (C=O) groups excluding carboxylic acids is 2. The van der Waals surface area contributed by atoms with Crippen LogP contribution in [0.2, 0.25) is 0 Å². The molecule has 8 heteroatoms. The first-order valence-corrected chi connectivity index (χ1v) is 9.16. The van der Waals surface area contributed by atoms with Crippen LogP contribution in [0.15, 0.2) is 0 Å². The van der Waals surface area contributed by atoms with Crippen molar-refractivity contribution in [1.29, 1.82) is 0 Å². The van der Waals surface area contributed by atoms with Gasteiger partial charge in [0.15, 0.2) is 5.54 Å². The number of carbonyl (C=O) groups is 2. The van der Waals surface area contributed by atoms with Crippen molar-refractivity contribution in [1.82, 2.24) is 10.6 Å². The largest absolute Gasteiger partial charge is 0.544 e. The molecule has 0 aromatic carbocycles. The van der Waals surface area contributed by atoms with Crippen LogP contribution in [0.25, 0.3) is 0 Å². The van der Waals surface area contributed by atoms with E-state index in [4.69, 9.17) is 4.74 Å². The summed E-state index contributed by atoms with van der Waals surface area (Å²) in [5, 5.41) is 26.1. The molecule has 0 aromatic heterocycles. The maximum atomic E-state index is 11.3. The molecule has 25 heavy (non-hydrogen) atoms. The van der Waals surface area contributed by atoms with Crippen molar-refractivity contribution in [3.63, 3.8) is 0 Å². The summed E-state index contributed by atoms with van der Waals surface area (Å²) in [6.45, 7) is 3.21. The Hall–Kier alpha value is -1.38. The summed E-state index contributed by atoms with van der Waals surface area (Å²) >= 11 is 0. The summed E-state index contributed by atoms with van der Waals surface area (Å²) in [6, 6.07) is -0.534. The zero-order chi connectivity index (χ0) is 19.1. The third-order valence-electron chi connectivity index (χ3n) is 4.24. The molecule has 0 rings (SSSR count). The number of nitrogens with one attached hydrogen (secondary N) is 2. The topological polar surface area (TPSA) is 138 Å². The Labute approximate surface area is 150 Å². The number of aliphatic carboxylic acids is 1. The first-order chi connectivity index (χ1) is 11.9. The van der Waals surface area contributed by atoms with Crippen molar-refractivity contribution < 1.29 is 30.3 Å². The van der Waals surface area contributed by atoms with Crippen LogP contribution in [0.4, 0.5) is 4.79 Å². The van der Waals surface area contributed by atoms with Crippen LogP contribution in [0.3, 0.4) is 0 Å². The van der Waals surface area contributed by atoms with Gasteiger partial charge in [-0.2, -0.15) is 0 Å². The monoisotopic (exact) mass is 361 g/mol. The van der Waals surface area contributed by atoms with Gasteiger partial charge in [0.2, 0.25) is 0 Å². The highest BCUT2D eigenvalue weighted by atomic mass is 16.5. The summed E-state index contributed by atoms with van der Waals surface area (Å²) in [5.74, 6) is -1.49. The Kier molecular flexibility index (Phi) is 13.1. The van der Waals surface area contributed by atoms with E-state index >= 15 is 0 Å². The number of aliphatic hydroxyl groups excluding tert-OH is 1. The molecular weight excluding hydrogens is 326 g/mol. The Morgan fingerprint density at radius 3 is 2.32 bits per heavy atom. The number of rotatable bonds is 15. The van der Waals surface area contributed by atoms with Crippen LogP contribution in [0.1, 0.15) is 58.3 Å². The molecule has 0 saturated heterocycles.